The van der Waals surface area contributed by atoms with Gasteiger partial charge in [0.2, 0.25) is 11.8 Å². The standard InChI is InChI=1S/C14H23N3O4/c1-8(2)14-16-12(21-17-14)7-6-11(18)15-9-4-5-10(20-3)13(9)19/h8-10,13,19H,4-7H2,1-3H3,(H,15,18)/t9-,10-,13-/m1/s1. The molecule has 7 heteroatoms. The first-order chi connectivity index (χ1) is 10.0. The number of aromatic nitrogens is 2. The second-order valence-corrected chi connectivity index (χ2v) is 5.72. The van der Waals surface area contributed by atoms with Crippen LogP contribution < -0.4 is 5.32 Å². The SMILES string of the molecule is CO[C@@H]1CC[C@@H](NC(=O)CCc2nc(C(C)C)no2)[C@H]1O. The molecule has 1 amide bonds. The Labute approximate surface area is 124 Å². The molecule has 0 bridgehead atoms. The van der Waals surface area contributed by atoms with Crippen molar-refractivity contribution in [1.29, 1.82) is 0 Å². The highest BCUT2D eigenvalue weighted by Crippen LogP contribution is 2.22. The van der Waals surface area contributed by atoms with Gasteiger partial charge in [0, 0.05) is 25.9 Å². The van der Waals surface area contributed by atoms with Crippen LogP contribution in [0.25, 0.3) is 0 Å². The molecule has 7 nitrogen and oxygen atoms in total. The van der Waals surface area contributed by atoms with Crippen molar-refractivity contribution in [3.63, 3.8) is 0 Å². The molecule has 3 atom stereocenters. The molecule has 0 spiro atoms. The van der Waals surface area contributed by atoms with E-state index in [9.17, 15) is 9.90 Å². The molecule has 0 unspecified atom stereocenters. The summed E-state index contributed by atoms with van der Waals surface area (Å²) in [4.78, 5) is 16.1. The van der Waals surface area contributed by atoms with Crippen LogP contribution in [0.2, 0.25) is 0 Å². The second-order valence-electron chi connectivity index (χ2n) is 5.72. The minimum atomic E-state index is -0.644. The van der Waals surface area contributed by atoms with E-state index in [0.29, 0.717) is 18.1 Å². The maximum Gasteiger partial charge on any atom is 0.227 e. The average molecular weight is 297 g/mol. The predicted molar refractivity (Wildman–Crippen MR) is 74.7 cm³/mol. The highest BCUT2D eigenvalue weighted by Gasteiger charge is 2.35. The van der Waals surface area contributed by atoms with E-state index in [1.165, 1.54) is 0 Å². The molecule has 0 saturated heterocycles. The summed E-state index contributed by atoms with van der Waals surface area (Å²) in [7, 11) is 1.57. The molecule has 1 aromatic heterocycles. The smallest absolute Gasteiger partial charge is 0.227 e. The number of methoxy groups -OCH3 is 1. The van der Waals surface area contributed by atoms with Gasteiger partial charge < -0.3 is 19.7 Å². The molecule has 2 rings (SSSR count). The normalized spacial score (nSPS) is 25.5. The number of carbonyl (C=O) groups excluding carboxylic acids is 1. The van der Waals surface area contributed by atoms with Crippen LogP contribution in [0.1, 0.15) is 50.7 Å². The van der Waals surface area contributed by atoms with Gasteiger partial charge in [-0.2, -0.15) is 4.98 Å². The van der Waals surface area contributed by atoms with E-state index in [1.807, 2.05) is 13.8 Å². The summed E-state index contributed by atoms with van der Waals surface area (Å²) in [5, 5.41) is 16.7. The lowest BCUT2D eigenvalue weighted by atomic mass is 10.2. The van der Waals surface area contributed by atoms with Crippen molar-refractivity contribution in [2.24, 2.45) is 0 Å². The van der Waals surface area contributed by atoms with Gasteiger partial charge in [-0.05, 0) is 12.8 Å². The van der Waals surface area contributed by atoms with Gasteiger partial charge in [-0.15, -0.1) is 0 Å². The van der Waals surface area contributed by atoms with Gasteiger partial charge in [0.1, 0.15) is 6.10 Å². The van der Waals surface area contributed by atoms with Crippen LogP contribution in [0, 0.1) is 0 Å². The summed E-state index contributed by atoms with van der Waals surface area (Å²) in [5.74, 6) is 1.20. The number of aryl methyl sites for hydroxylation is 1. The van der Waals surface area contributed by atoms with Crippen molar-refractivity contribution >= 4 is 5.91 Å². The maximum atomic E-state index is 11.9. The molecule has 0 radical (unpaired) electrons. The third-order valence-electron chi connectivity index (χ3n) is 3.77. The fraction of sp³-hybridized carbons (Fsp3) is 0.786. The number of amides is 1. The summed E-state index contributed by atoms with van der Waals surface area (Å²) in [6.45, 7) is 3.96. The number of nitrogens with one attached hydrogen (secondary N) is 1. The largest absolute Gasteiger partial charge is 0.388 e. The number of rotatable bonds is 6. The second kappa shape index (κ2) is 7.00. The third-order valence-corrected chi connectivity index (χ3v) is 3.77. The molecule has 1 fully saturated rings. The molecule has 1 aromatic rings. The van der Waals surface area contributed by atoms with E-state index in [-0.39, 0.29) is 30.4 Å². The molecular formula is C14H23N3O4. The van der Waals surface area contributed by atoms with E-state index in [1.54, 1.807) is 7.11 Å². The first-order valence-corrected chi connectivity index (χ1v) is 7.34. The van der Waals surface area contributed by atoms with Crippen molar-refractivity contribution in [2.75, 3.05) is 7.11 Å². The van der Waals surface area contributed by atoms with E-state index in [4.69, 9.17) is 9.26 Å². The van der Waals surface area contributed by atoms with Crippen LogP contribution in [0.3, 0.4) is 0 Å². The lowest BCUT2D eigenvalue weighted by molar-refractivity contribution is -0.122. The summed E-state index contributed by atoms with van der Waals surface area (Å²) in [5.41, 5.74) is 0. The van der Waals surface area contributed by atoms with Crippen molar-refractivity contribution in [3.8, 4) is 0 Å². The van der Waals surface area contributed by atoms with Gasteiger partial charge in [-0.3, -0.25) is 4.79 Å². The monoisotopic (exact) mass is 297 g/mol. The molecule has 118 valence electrons. The van der Waals surface area contributed by atoms with Crippen molar-refractivity contribution in [3.05, 3.63) is 11.7 Å². The molecule has 1 saturated carbocycles. The lowest BCUT2D eigenvalue weighted by Crippen LogP contribution is -2.43. The number of ether oxygens (including phenoxy) is 1. The number of aliphatic hydroxyl groups is 1. The summed E-state index contributed by atoms with van der Waals surface area (Å²) in [6.07, 6.45) is 1.31. The van der Waals surface area contributed by atoms with Crippen LogP contribution in [0.15, 0.2) is 4.52 Å². The molecule has 0 aliphatic heterocycles. The van der Waals surface area contributed by atoms with Crippen LogP contribution >= 0.6 is 0 Å². The van der Waals surface area contributed by atoms with E-state index < -0.39 is 6.10 Å². The topological polar surface area (TPSA) is 97.5 Å². The van der Waals surface area contributed by atoms with Crippen LogP contribution in [-0.2, 0) is 16.0 Å². The van der Waals surface area contributed by atoms with Gasteiger partial charge >= 0.3 is 0 Å². The van der Waals surface area contributed by atoms with E-state index in [2.05, 4.69) is 15.5 Å². The highest BCUT2D eigenvalue weighted by molar-refractivity contribution is 5.76. The van der Waals surface area contributed by atoms with Gasteiger partial charge in [0.25, 0.3) is 0 Å². The predicted octanol–water partition coefficient (Wildman–Crippen LogP) is 0.780. The fourth-order valence-corrected chi connectivity index (χ4v) is 2.46. The fourth-order valence-electron chi connectivity index (χ4n) is 2.46. The first kappa shape index (κ1) is 15.9. The van der Waals surface area contributed by atoms with Crippen LogP contribution in [0.5, 0.6) is 0 Å². The van der Waals surface area contributed by atoms with Crippen molar-refractivity contribution in [1.82, 2.24) is 15.5 Å². The van der Waals surface area contributed by atoms with Gasteiger partial charge in [0.05, 0.1) is 12.1 Å². The Hall–Kier alpha value is -1.47. The number of aliphatic hydroxyl groups excluding tert-OH is 1. The Morgan fingerprint density at radius 2 is 2.29 bits per heavy atom. The minimum Gasteiger partial charge on any atom is -0.388 e. The van der Waals surface area contributed by atoms with Gasteiger partial charge in [-0.25, -0.2) is 0 Å². The van der Waals surface area contributed by atoms with E-state index in [0.717, 1.165) is 12.8 Å². The minimum absolute atomic E-state index is 0.125. The zero-order valence-electron chi connectivity index (χ0n) is 12.7. The summed E-state index contributed by atoms with van der Waals surface area (Å²) < 4.78 is 10.2. The number of hydrogen-bond donors (Lipinski definition) is 2. The number of carbonyl (C=O) groups is 1. The number of hydrogen-bond acceptors (Lipinski definition) is 6. The van der Waals surface area contributed by atoms with Crippen molar-refractivity contribution in [2.45, 2.75) is 63.7 Å². The quantitative estimate of drug-likeness (QED) is 0.805. The zero-order valence-corrected chi connectivity index (χ0v) is 12.7. The number of nitrogens with zero attached hydrogens (tertiary/aromatic N) is 2. The molecule has 2 N–H and O–H groups in total. The van der Waals surface area contributed by atoms with Gasteiger partial charge in [0.15, 0.2) is 5.82 Å². The summed E-state index contributed by atoms with van der Waals surface area (Å²) >= 11 is 0. The van der Waals surface area contributed by atoms with Crippen LogP contribution in [-0.4, -0.2) is 46.5 Å². The Balaban J connectivity index is 1.77. The molecule has 1 aliphatic rings. The summed E-state index contributed by atoms with van der Waals surface area (Å²) in [6, 6.07) is -0.239. The van der Waals surface area contributed by atoms with E-state index >= 15 is 0 Å². The van der Waals surface area contributed by atoms with Crippen molar-refractivity contribution < 1.29 is 19.2 Å². The first-order valence-electron chi connectivity index (χ1n) is 7.34. The zero-order chi connectivity index (χ0) is 15.4. The molecular weight excluding hydrogens is 274 g/mol. The third kappa shape index (κ3) is 4.01. The Bertz CT molecular complexity index is 475. The Kier molecular flexibility index (Phi) is 5.30. The maximum absolute atomic E-state index is 11.9. The Morgan fingerprint density at radius 1 is 1.52 bits per heavy atom. The molecule has 1 aliphatic carbocycles. The lowest BCUT2D eigenvalue weighted by Gasteiger charge is -2.19. The molecule has 21 heavy (non-hydrogen) atoms. The average Bonchev–Trinajstić information content (AvgIpc) is 3.05. The van der Waals surface area contributed by atoms with Gasteiger partial charge in [-0.1, -0.05) is 19.0 Å². The Morgan fingerprint density at radius 3 is 2.86 bits per heavy atom. The molecule has 1 heterocycles. The highest BCUT2D eigenvalue weighted by atomic mass is 16.5. The van der Waals surface area contributed by atoms with Crippen LogP contribution in [0.4, 0.5) is 0 Å². The molecule has 0 aromatic carbocycles.